The molecule has 0 N–H and O–H groups in total. The summed E-state index contributed by atoms with van der Waals surface area (Å²) in [7, 11) is 0. The molecule has 1 aliphatic heterocycles. The Morgan fingerprint density at radius 3 is 2.65 bits per heavy atom. The van der Waals surface area contributed by atoms with E-state index in [1.807, 2.05) is 0 Å². The molecule has 3 aliphatic rings. The summed E-state index contributed by atoms with van der Waals surface area (Å²) in [5, 5.41) is 3.17. The molecule has 1 heteroatoms. The molecule has 17 heavy (non-hydrogen) atoms. The van der Waals surface area contributed by atoms with Crippen LogP contribution in [0.25, 0.3) is 0 Å². The first-order valence-electron chi connectivity index (χ1n) is 6.49. The van der Waals surface area contributed by atoms with E-state index in [4.69, 9.17) is 0 Å². The maximum atomic E-state index is 2.47. The van der Waals surface area contributed by atoms with Crippen LogP contribution >= 0.6 is 11.8 Å². The summed E-state index contributed by atoms with van der Waals surface area (Å²) in [6, 6.07) is 11.0. The maximum Gasteiger partial charge on any atom is 0.0194 e. The van der Waals surface area contributed by atoms with Crippen LogP contribution in [0.1, 0.15) is 17.9 Å². The number of hydrogen-bond acceptors (Lipinski definition) is 1. The van der Waals surface area contributed by atoms with Crippen molar-refractivity contribution < 1.29 is 0 Å². The van der Waals surface area contributed by atoms with Gasteiger partial charge in [0.15, 0.2) is 0 Å². The standard InChI is InChI=1S/C16H16S/c1-2-4-11(5-3-1)14-8-9-17-16-13-7-6-12(10-13)15(14)16/h1-9,12-16H,10H2/t12-,13+,14+,15-,16-/m1/s1. The largest absolute Gasteiger partial charge is 0.130 e. The number of benzene rings is 1. The molecule has 2 bridgehead atoms. The first-order chi connectivity index (χ1) is 8.43. The fourth-order valence-electron chi connectivity index (χ4n) is 3.83. The van der Waals surface area contributed by atoms with E-state index < -0.39 is 0 Å². The second-order valence-corrected chi connectivity index (χ2v) is 6.48. The summed E-state index contributed by atoms with van der Waals surface area (Å²) >= 11 is 2.06. The van der Waals surface area contributed by atoms with Gasteiger partial charge in [-0.05, 0) is 35.1 Å². The SMILES string of the molecule is C1=C[C@@H](c2ccccc2)[C@@H]2[C@H](S1)[C@H]1C=C[C@@H]2C1. The summed E-state index contributed by atoms with van der Waals surface area (Å²) in [6.07, 6.45) is 8.75. The van der Waals surface area contributed by atoms with Crippen molar-refractivity contribution in [3.63, 3.8) is 0 Å². The van der Waals surface area contributed by atoms with Crippen molar-refractivity contribution in [2.75, 3.05) is 0 Å². The second-order valence-electron chi connectivity index (χ2n) is 5.39. The fourth-order valence-corrected chi connectivity index (χ4v) is 5.23. The predicted octanol–water partition coefficient (Wildman–Crippen LogP) is 4.22. The zero-order valence-corrected chi connectivity index (χ0v) is 10.5. The van der Waals surface area contributed by atoms with E-state index in [9.17, 15) is 0 Å². The Kier molecular flexibility index (Phi) is 2.23. The van der Waals surface area contributed by atoms with Crippen molar-refractivity contribution in [2.45, 2.75) is 17.6 Å². The molecule has 1 heterocycles. The smallest absolute Gasteiger partial charge is 0.0194 e. The van der Waals surface area contributed by atoms with Crippen molar-refractivity contribution >= 4 is 11.8 Å². The van der Waals surface area contributed by atoms with Crippen LogP contribution in [0.4, 0.5) is 0 Å². The molecule has 0 amide bonds. The van der Waals surface area contributed by atoms with Crippen LogP contribution in [0.2, 0.25) is 0 Å². The minimum Gasteiger partial charge on any atom is -0.130 e. The normalized spacial score (nSPS) is 41.8. The molecular weight excluding hydrogens is 224 g/mol. The highest BCUT2D eigenvalue weighted by atomic mass is 32.2. The van der Waals surface area contributed by atoms with Crippen LogP contribution in [0.3, 0.4) is 0 Å². The van der Waals surface area contributed by atoms with Gasteiger partial charge in [-0.2, -0.15) is 0 Å². The zero-order valence-electron chi connectivity index (χ0n) is 9.70. The van der Waals surface area contributed by atoms with Gasteiger partial charge < -0.3 is 0 Å². The molecule has 0 saturated heterocycles. The van der Waals surface area contributed by atoms with Crippen LogP contribution in [0.15, 0.2) is 54.0 Å². The Morgan fingerprint density at radius 2 is 1.76 bits per heavy atom. The van der Waals surface area contributed by atoms with E-state index >= 15 is 0 Å². The van der Waals surface area contributed by atoms with Gasteiger partial charge in [0.05, 0.1) is 0 Å². The molecular formula is C16H16S. The minimum atomic E-state index is 0.641. The molecule has 1 aromatic carbocycles. The summed E-state index contributed by atoms with van der Waals surface area (Å²) in [4.78, 5) is 0. The monoisotopic (exact) mass is 240 g/mol. The molecule has 1 aromatic rings. The Balaban J connectivity index is 1.74. The van der Waals surface area contributed by atoms with Gasteiger partial charge in [0.1, 0.15) is 0 Å². The summed E-state index contributed by atoms with van der Waals surface area (Å²) < 4.78 is 0. The lowest BCUT2D eigenvalue weighted by Crippen LogP contribution is -2.29. The maximum absolute atomic E-state index is 2.47. The number of hydrogen-bond donors (Lipinski definition) is 0. The average molecular weight is 240 g/mol. The highest BCUT2D eigenvalue weighted by Crippen LogP contribution is 2.56. The molecule has 1 fully saturated rings. The van der Waals surface area contributed by atoms with E-state index in [2.05, 4.69) is 65.7 Å². The molecule has 5 atom stereocenters. The third-order valence-electron chi connectivity index (χ3n) is 4.57. The minimum absolute atomic E-state index is 0.641. The van der Waals surface area contributed by atoms with Gasteiger partial charge in [0.2, 0.25) is 0 Å². The molecule has 0 spiro atoms. The first-order valence-corrected chi connectivity index (χ1v) is 7.43. The number of rotatable bonds is 1. The van der Waals surface area contributed by atoms with Gasteiger partial charge in [0, 0.05) is 11.2 Å². The molecule has 0 radical (unpaired) electrons. The van der Waals surface area contributed by atoms with Crippen molar-refractivity contribution in [3.05, 3.63) is 59.5 Å². The van der Waals surface area contributed by atoms with Gasteiger partial charge in [-0.3, -0.25) is 0 Å². The highest BCUT2D eigenvalue weighted by molar-refractivity contribution is 8.02. The summed E-state index contributed by atoms with van der Waals surface area (Å²) in [5.74, 6) is 3.14. The third kappa shape index (κ3) is 1.45. The first kappa shape index (κ1) is 10.0. The lowest BCUT2D eigenvalue weighted by molar-refractivity contribution is 0.414. The van der Waals surface area contributed by atoms with Crippen molar-refractivity contribution in [1.82, 2.24) is 0 Å². The zero-order chi connectivity index (χ0) is 11.2. The predicted molar refractivity (Wildman–Crippen MR) is 73.9 cm³/mol. The molecule has 0 nitrogen and oxygen atoms in total. The molecule has 0 unspecified atom stereocenters. The number of fused-ring (bicyclic) bond motifs is 5. The molecule has 86 valence electrons. The van der Waals surface area contributed by atoms with E-state index in [1.54, 1.807) is 0 Å². The van der Waals surface area contributed by atoms with E-state index in [0.717, 1.165) is 23.0 Å². The van der Waals surface area contributed by atoms with Crippen molar-refractivity contribution in [1.29, 1.82) is 0 Å². The van der Waals surface area contributed by atoms with E-state index in [0.29, 0.717) is 5.92 Å². The van der Waals surface area contributed by atoms with Crippen molar-refractivity contribution in [3.8, 4) is 0 Å². The third-order valence-corrected chi connectivity index (χ3v) is 5.86. The Bertz CT molecular complexity index is 474. The Morgan fingerprint density at radius 1 is 0.941 bits per heavy atom. The van der Waals surface area contributed by atoms with Gasteiger partial charge in [0.25, 0.3) is 0 Å². The number of allylic oxidation sites excluding steroid dienone is 3. The highest BCUT2D eigenvalue weighted by Gasteiger charge is 2.48. The van der Waals surface area contributed by atoms with Crippen LogP contribution in [0.5, 0.6) is 0 Å². The van der Waals surface area contributed by atoms with E-state index in [1.165, 1.54) is 12.0 Å². The van der Waals surface area contributed by atoms with Crippen LogP contribution in [-0.2, 0) is 0 Å². The number of thioether (sulfide) groups is 1. The molecule has 0 aromatic heterocycles. The van der Waals surface area contributed by atoms with Crippen LogP contribution < -0.4 is 0 Å². The van der Waals surface area contributed by atoms with Crippen LogP contribution in [-0.4, -0.2) is 5.25 Å². The van der Waals surface area contributed by atoms with Gasteiger partial charge >= 0.3 is 0 Å². The van der Waals surface area contributed by atoms with Crippen molar-refractivity contribution in [2.24, 2.45) is 17.8 Å². The average Bonchev–Trinajstić information content (AvgIpc) is 3.01. The summed E-state index contributed by atoms with van der Waals surface area (Å²) in [6.45, 7) is 0. The molecule has 4 rings (SSSR count). The van der Waals surface area contributed by atoms with Crippen LogP contribution in [0, 0.1) is 17.8 Å². The second kappa shape index (κ2) is 3.78. The lowest BCUT2D eigenvalue weighted by Gasteiger charge is -2.35. The molecule has 1 saturated carbocycles. The lowest BCUT2D eigenvalue weighted by atomic mass is 9.78. The van der Waals surface area contributed by atoms with Gasteiger partial charge in [-0.25, -0.2) is 0 Å². The van der Waals surface area contributed by atoms with Gasteiger partial charge in [-0.1, -0.05) is 48.6 Å². The molecule has 2 aliphatic carbocycles. The Labute approximate surface area is 107 Å². The topological polar surface area (TPSA) is 0 Å². The Hall–Kier alpha value is -0.950. The fraction of sp³-hybridized carbons (Fsp3) is 0.375. The van der Waals surface area contributed by atoms with E-state index in [-0.39, 0.29) is 0 Å². The summed E-state index contributed by atoms with van der Waals surface area (Å²) in [5.41, 5.74) is 1.50. The van der Waals surface area contributed by atoms with Gasteiger partial charge in [-0.15, -0.1) is 11.8 Å². The quantitative estimate of drug-likeness (QED) is 0.662.